The van der Waals surface area contributed by atoms with Crippen molar-refractivity contribution in [1.29, 1.82) is 0 Å². The highest BCUT2D eigenvalue weighted by Gasteiger charge is 2.30. The zero-order chi connectivity index (χ0) is 26.6. The quantitative estimate of drug-likeness (QED) is 0.306. The van der Waals surface area contributed by atoms with Crippen LogP contribution in [0.1, 0.15) is 40.0 Å². The van der Waals surface area contributed by atoms with Crippen molar-refractivity contribution in [2.24, 2.45) is 0 Å². The van der Waals surface area contributed by atoms with Crippen LogP contribution in [0.3, 0.4) is 0 Å². The predicted octanol–water partition coefficient (Wildman–Crippen LogP) is 5.92. The van der Waals surface area contributed by atoms with E-state index in [4.69, 9.17) is 14.2 Å². The third-order valence-corrected chi connectivity index (χ3v) is 6.42. The predicted molar refractivity (Wildman–Crippen MR) is 148 cm³/mol. The Morgan fingerprint density at radius 2 is 1.79 bits per heavy atom. The van der Waals surface area contributed by atoms with E-state index in [1.54, 1.807) is 25.1 Å². The number of aryl methyl sites for hydroxylation is 1. The first kappa shape index (κ1) is 25.0. The average molecular weight is 511 g/mol. The second-order valence-electron chi connectivity index (χ2n) is 8.86. The second-order valence-corrected chi connectivity index (χ2v) is 8.86. The van der Waals surface area contributed by atoms with Gasteiger partial charge in [0.2, 0.25) is 0 Å². The van der Waals surface area contributed by atoms with Gasteiger partial charge >= 0.3 is 0 Å². The summed E-state index contributed by atoms with van der Waals surface area (Å²) < 4.78 is 18.6. The van der Waals surface area contributed by atoms with Crippen LogP contribution in [0.5, 0.6) is 17.2 Å². The molecule has 0 spiro atoms. The fourth-order valence-corrected chi connectivity index (χ4v) is 4.53. The van der Waals surface area contributed by atoms with E-state index in [1.807, 2.05) is 49.4 Å². The number of rotatable bonds is 8. The van der Waals surface area contributed by atoms with Crippen LogP contribution in [0.15, 0.2) is 79.0 Å². The normalized spacial score (nSPS) is 14.1. The summed E-state index contributed by atoms with van der Waals surface area (Å²) in [5.41, 5.74) is 4.96. The molecule has 1 aromatic heterocycles. The highest BCUT2D eigenvalue weighted by Crippen LogP contribution is 2.41. The van der Waals surface area contributed by atoms with Crippen molar-refractivity contribution < 1.29 is 19.0 Å². The second kappa shape index (κ2) is 10.7. The van der Waals surface area contributed by atoms with Gasteiger partial charge in [-0.25, -0.2) is 4.68 Å². The average Bonchev–Trinajstić information content (AvgIpc) is 3.38. The number of nitrogens with zero attached hydrogens (tertiary/aromatic N) is 2. The summed E-state index contributed by atoms with van der Waals surface area (Å²) in [4.78, 5) is 13.4. The molecule has 0 aliphatic carbocycles. The molecule has 8 heteroatoms. The Hall–Kier alpha value is -4.72. The van der Waals surface area contributed by atoms with Crippen molar-refractivity contribution in [1.82, 2.24) is 9.78 Å². The molecular formula is C30H30N4O4. The molecule has 194 valence electrons. The smallest absolute Gasteiger partial charge is 0.261 e. The highest BCUT2D eigenvalue weighted by molar-refractivity contribution is 6.08. The molecule has 1 aliphatic rings. The van der Waals surface area contributed by atoms with E-state index in [0.29, 0.717) is 35.2 Å². The molecule has 4 aromatic rings. The molecule has 0 saturated carbocycles. The minimum atomic E-state index is -0.348. The van der Waals surface area contributed by atoms with Crippen molar-refractivity contribution in [2.75, 3.05) is 31.5 Å². The number of ether oxygens (including phenoxy) is 3. The van der Waals surface area contributed by atoms with Gasteiger partial charge in [0, 0.05) is 16.9 Å². The molecule has 38 heavy (non-hydrogen) atoms. The van der Waals surface area contributed by atoms with Crippen molar-refractivity contribution in [3.63, 3.8) is 0 Å². The molecule has 0 radical (unpaired) electrons. The van der Waals surface area contributed by atoms with E-state index >= 15 is 0 Å². The summed E-state index contributed by atoms with van der Waals surface area (Å²) in [5, 5.41) is 11.0. The molecule has 0 saturated heterocycles. The van der Waals surface area contributed by atoms with Gasteiger partial charge in [0.25, 0.3) is 5.91 Å². The zero-order valence-corrected chi connectivity index (χ0v) is 21.8. The number of carbonyl (C=O) groups excluding carboxylic acids is 1. The molecule has 2 N–H and O–H groups in total. The number of allylic oxidation sites excluding steroid dienone is 1. The molecule has 1 amide bonds. The van der Waals surface area contributed by atoms with Gasteiger partial charge in [-0.1, -0.05) is 42.0 Å². The molecule has 8 nitrogen and oxygen atoms in total. The van der Waals surface area contributed by atoms with Gasteiger partial charge in [-0.3, -0.25) is 4.79 Å². The van der Waals surface area contributed by atoms with Crippen LogP contribution in [0.25, 0.3) is 5.70 Å². The maximum absolute atomic E-state index is 13.4. The highest BCUT2D eigenvalue weighted by atomic mass is 16.5. The van der Waals surface area contributed by atoms with Crippen LogP contribution < -0.4 is 24.8 Å². The van der Waals surface area contributed by atoms with Gasteiger partial charge in [0.05, 0.1) is 27.0 Å². The van der Waals surface area contributed by atoms with Crippen molar-refractivity contribution >= 4 is 23.1 Å². The molecule has 0 fully saturated rings. The van der Waals surface area contributed by atoms with Crippen LogP contribution in [0.2, 0.25) is 0 Å². The molecule has 3 aromatic carbocycles. The lowest BCUT2D eigenvalue weighted by atomic mass is 9.99. The lowest BCUT2D eigenvalue weighted by molar-refractivity contribution is 0.102. The number of anilines is 2. The Balaban J connectivity index is 1.55. The van der Waals surface area contributed by atoms with E-state index in [9.17, 15) is 4.79 Å². The summed E-state index contributed by atoms with van der Waals surface area (Å²) in [7, 11) is 3.23. The molecule has 2 heterocycles. The number of nitrogens with one attached hydrogen (secondary N) is 2. The Labute approximate surface area is 221 Å². The molecule has 1 aliphatic heterocycles. The number of carbonyl (C=O) groups is 1. The molecule has 5 rings (SSSR count). The van der Waals surface area contributed by atoms with Crippen LogP contribution in [-0.2, 0) is 0 Å². The van der Waals surface area contributed by atoms with Crippen LogP contribution in [0, 0.1) is 6.92 Å². The van der Waals surface area contributed by atoms with Crippen LogP contribution in [-0.4, -0.2) is 36.5 Å². The number of para-hydroxylation sites is 1. The number of hydrogen-bond acceptors (Lipinski definition) is 6. The summed E-state index contributed by atoms with van der Waals surface area (Å²) in [6, 6.07) is 20.9. The Morgan fingerprint density at radius 3 is 2.47 bits per heavy atom. The topological polar surface area (TPSA) is 86.6 Å². The first-order valence-electron chi connectivity index (χ1n) is 12.4. The molecular weight excluding hydrogens is 480 g/mol. The summed E-state index contributed by atoms with van der Waals surface area (Å²) in [5.74, 6) is 2.29. The van der Waals surface area contributed by atoms with E-state index in [2.05, 4.69) is 53.0 Å². The number of amides is 1. The minimum Gasteiger partial charge on any atom is -0.494 e. The van der Waals surface area contributed by atoms with Crippen molar-refractivity contribution in [3.05, 3.63) is 101 Å². The maximum Gasteiger partial charge on any atom is 0.261 e. The fraction of sp³-hybridized carbons (Fsp3) is 0.200. The van der Waals surface area contributed by atoms with Crippen molar-refractivity contribution in [3.8, 4) is 17.2 Å². The lowest BCUT2D eigenvalue weighted by Gasteiger charge is -2.27. The number of benzene rings is 3. The van der Waals surface area contributed by atoms with Gasteiger partial charge in [-0.15, -0.1) is 0 Å². The largest absolute Gasteiger partial charge is 0.494 e. The first-order valence-corrected chi connectivity index (χ1v) is 12.4. The SMILES string of the molecule is CCOc1ccc(NC(=O)c2cnn3c2NC(c2ccc(C)cc2)=C[C@H]3c2cccc(OC)c2OC)cc1. The number of aromatic nitrogens is 2. The Morgan fingerprint density at radius 1 is 1.03 bits per heavy atom. The van der Waals surface area contributed by atoms with Crippen LogP contribution in [0.4, 0.5) is 11.5 Å². The van der Waals surface area contributed by atoms with Gasteiger partial charge in [0.1, 0.15) is 23.2 Å². The van der Waals surface area contributed by atoms with Gasteiger partial charge in [0.15, 0.2) is 11.5 Å². The fourth-order valence-electron chi connectivity index (χ4n) is 4.53. The molecule has 0 unspecified atom stereocenters. The monoisotopic (exact) mass is 510 g/mol. The third kappa shape index (κ3) is 4.80. The summed E-state index contributed by atoms with van der Waals surface area (Å²) in [6.45, 7) is 4.56. The van der Waals surface area contributed by atoms with E-state index in [0.717, 1.165) is 28.1 Å². The maximum atomic E-state index is 13.4. The number of methoxy groups -OCH3 is 2. The lowest BCUT2D eigenvalue weighted by Crippen LogP contribution is -2.22. The van der Waals surface area contributed by atoms with E-state index in [1.165, 1.54) is 0 Å². The molecule has 0 bridgehead atoms. The zero-order valence-electron chi connectivity index (χ0n) is 21.8. The number of fused-ring (bicyclic) bond motifs is 1. The number of hydrogen-bond donors (Lipinski definition) is 2. The minimum absolute atomic E-state index is 0.274. The van der Waals surface area contributed by atoms with Gasteiger partial charge in [-0.2, -0.15) is 5.10 Å². The van der Waals surface area contributed by atoms with E-state index < -0.39 is 0 Å². The standard InChI is InChI=1S/C30H30N4O4/c1-5-38-22-15-13-21(14-16-22)32-30(35)24-18-31-34-26(23-7-6-8-27(36-3)28(23)37-4)17-25(33-29(24)34)20-11-9-19(2)10-12-20/h6-18,26,33H,5H2,1-4H3,(H,32,35)/t26-/m0/s1. The van der Waals surface area contributed by atoms with E-state index in [-0.39, 0.29) is 11.9 Å². The summed E-state index contributed by atoms with van der Waals surface area (Å²) >= 11 is 0. The van der Waals surface area contributed by atoms with Gasteiger partial charge < -0.3 is 24.8 Å². The van der Waals surface area contributed by atoms with Crippen molar-refractivity contribution in [2.45, 2.75) is 19.9 Å². The van der Waals surface area contributed by atoms with Gasteiger partial charge in [-0.05, 0) is 55.8 Å². The third-order valence-electron chi connectivity index (χ3n) is 6.42. The molecule has 1 atom stereocenters. The first-order chi connectivity index (χ1) is 18.5. The Kier molecular flexibility index (Phi) is 7.04. The Bertz CT molecular complexity index is 1470. The van der Waals surface area contributed by atoms with Crippen LogP contribution >= 0.6 is 0 Å². The summed E-state index contributed by atoms with van der Waals surface area (Å²) in [6.07, 6.45) is 3.66.